The molecule has 0 saturated heterocycles. The maximum absolute atomic E-state index is 12.2. The van der Waals surface area contributed by atoms with Crippen LogP contribution in [0.5, 0.6) is 0 Å². The molecule has 1 saturated carbocycles. The predicted octanol–water partition coefficient (Wildman–Crippen LogP) is 1.52. The normalized spacial score (nSPS) is 14.0. The number of anilines is 1. The summed E-state index contributed by atoms with van der Waals surface area (Å²) in [4.78, 5) is 12.2. The summed E-state index contributed by atoms with van der Waals surface area (Å²) in [6, 6.07) is 9.10. The van der Waals surface area contributed by atoms with Crippen molar-refractivity contribution >= 4 is 11.6 Å². The van der Waals surface area contributed by atoms with Gasteiger partial charge in [-0.05, 0) is 47.5 Å². The summed E-state index contributed by atoms with van der Waals surface area (Å²) in [5, 5.41) is 20.8. The average Bonchev–Trinajstić information content (AvgIpc) is 3.06. The van der Waals surface area contributed by atoms with Crippen molar-refractivity contribution in [3.8, 4) is 5.69 Å². The zero-order valence-electron chi connectivity index (χ0n) is 11.6. The molecule has 1 amide bonds. The van der Waals surface area contributed by atoms with Gasteiger partial charge in [0, 0.05) is 17.3 Å². The highest BCUT2D eigenvalue weighted by Gasteiger charge is 2.26. The van der Waals surface area contributed by atoms with Gasteiger partial charge in [-0.2, -0.15) is 5.10 Å². The summed E-state index contributed by atoms with van der Waals surface area (Å²) >= 11 is 0. The number of carbonyl (C=O) groups is 1. The van der Waals surface area contributed by atoms with Crippen LogP contribution < -0.4 is 5.32 Å². The molecule has 1 aromatic carbocycles. The molecule has 2 N–H and O–H groups in total. The first-order chi connectivity index (χ1) is 10.8. The van der Waals surface area contributed by atoms with Crippen LogP contribution in [0.2, 0.25) is 0 Å². The average molecular weight is 295 g/mol. The second kappa shape index (κ2) is 5.06. The van der Waals surface area contributed by atoms with Crippen molar-refractivity contribution < 1.29 is 4.79 Å². The quantitative estimate of drug-likeness (QED) is 0.759. The van der Waals surface area contributed by atoms with Crippen molar-refractivity contribution in [2.45, 2.75) is 18.8 Å². The maximum atomic E-state index is 12.2. The summed E-state index contributed by atoms with van der Waals surface area (Å²) in [6.07, 6.45) is 3.82. The van der Waals surface area contributed by atoms with E-state index in [0.29, 0.717) is 17.3 Å². The number of hydrogen-bond acceptors (Lipinski definition) is 5. The van der Waals surface area contributed by atoms with E-state index in [-0.39, 0.29) is 5.91 Å². The van der Waals surface area contributed by atoms with Crippen molar-refractivity contribution in [2.75, 3.05) is 5.32 Å². The van der Waals surface area contributed by atoms with Gasteiger partial charge < -0.3 is 5.32 Å². The number of nitrogens with zero attached hydrogens (tertiary/aromatic N) is 5. The first-order valence-electron chi connectivity index (χ1n) is 7.00. The Hall–Kier alpha value is -3.03. The van der Waals surface area contributed by atoms with Crippen LogP contribution in [0.1, 0.15) is 34.9 Å². The van der Waals surface area contributed by atoms with Gasteiger partial charge in [-0.15, -0.1) is 5.10 Å². The van der Waals surface area contributed by atoms with Crippen molar-refractivity contribution in [3.63, 3.8) is 0 Å². The minimum Gasteiger partial charge on any atom is -0.321 e. The van der Waals surface area contributed by atoms with Gasteiger partial charge in [-0.1, -0.05) is 6.07 Å². The van der Waals surface area contributed by atoms with Crippen LogP contribution in [-0.4, -0.2) is 36.3 Å². The molecular formula is C14H13N7O. The Labute approximate surface area is 125 Å². The molecule has 8 nitrogen and oxygen atoms in total. The van der Waals surface area contributed by atoms with Gasteiger partial charge in [-0.25, -0.2) is 4.68 Å². The lowest BCUT2D eigenvalue weighted by atomic mass is 10.2. The van der Waals surface area contributed by atoms with Crippen LogP contribution in [-0.2, 0) is 0 Å². The number of nitrogens with one attached hydrogen (secondary N) is 2. The maximum Gasteiger partial charge on any atom is 0.276 e. The van der Waals surface area contributed by atoms with E-state index in [9.17, 15) is 4.79 Å². The largest absolute Gasteiger partial charge is 0.321 e. The van der Waals surface area contributed by atoms with E-state index in [2.05, 4.69) is 31.0 Å². The number of benzene rings is 1. The highest BCUT2D eigenvalue weighted by Crippen LogP contribution is 2.39. The Morgan fingerprint density at radius 2 is 2.23 bits per heavy atom. The van der Waals surface area contributed by atoms with Gasteiger partial charge in [0.25, 0.3) is 5.91 Å². The third-order valence-electron chi connectivity index (χ3n) is 3.57. The number of rotatable bonds is 4. The first kappa shape index (κ1) is 12.7. The molecular weight excluding hydrogens is 282 g/mol. The van der Waals surface area contributed by atoms with E-state index in [4.69, 9.17) is 0 Å². The third-order valence-corrected chi connectivity index (χ3v) is 3.57. The highest BCUT2D eigenvalue weighted by atomic mass is 16.1. The fourth-order valence-corrected chi connectivity index (χ4v) is 2.26. The molecule has 0 radical (unpaired) electrons. The monoisotopic (exact) mass is 295 g/mol. The number of H-pyrrole nitrogens is 1. The zero-order chi connectivity index (χ0) is 14.9. The number of carbonyl (C=O) groups excluding carboxylic acids is 1. The number of hydrogen-bond donors (Lipinski definition) is 2. The zero-order valence-corrected chi connectivity index (χ0v) is 11.6. The van der Waals surface area contributed by atoms with Gasteiger partial charge in [-0.3, -0.25) is 9.89 Å². The summed E-state index contributed by atoms with van der Waals surface area (Å²) in [5.41, 5.74) is 2.86. The Balaban J connectivity index is 1.52. The molecule has 22 heavy (non-hydrogen) atoms. The first-order valence-corrected chi connectivity index (χ1v) is 7.00. The smallest absolute Gasteiger partial charge is 0.276 e. The predicted molar refractivity (Wildman–Crippen MR) is 77.7 cm³/mol. The van der Waals surface area contributed by atoms with Gasteiger partial charge >= 0.3 is 0 Å². The standard InChI is InChI=1S/C14H13N7O/c22-14(13-7-12(17-18-13)9-4-5-9)16-10-2-1-3-11(6-10)21-8-15-19-20-21/h1-3,6-9H,4-5H2,(H,16,22)(H,17,18). The van der Waals surface area contributed by atoms with Gasteiger partial charge in [0.1, 0.15) is 6.33 Å². The summed E-state index contributed by atoms with van der Waals surface area (Å²) in [5.74, 6) is 0.300. The highest BCUT2D eigenvalue weighted by molar-refractivity contribution is 6.03. The van der Waals surface area contributed by atoms with Gasteiger partial charge in [0.05, 0.1) is 5.69 Å². The van der Waals surface area contributed by atoms with E-state index < -0.39 is 0 Å². The molecule has 0 atom stereocenters. The second-order valence-electron chi connectivity index (χ2n) is 5.24. The van der Waals surface area contributed by atoms with Crippen LogP contribution >= 0.6 is 0 Å². The Morgan fingerprint density at radius 1 is 1.32 bits per heavy atom. The number of aromatic nitrogens is 6. The van der Waals surface area contributed by atoms with Gasteiger partial charge in [0.2, 0.25) is 0 Å². The van der Waals surface area contributed by atoms with Crippen LogP contribution in [0, 0.1) is 0 Å². The molecule has 1 fully saturated rings. The van der Waals surface area contributed by atoms with Crippen LogP contribution in [0.3, 0.4) is 0 Å². The summed E-state index contributed by atoms with van der Waals surface area (Å²) in [7, 11) is 0. The number of tetrazole rings is 1. The molecule has 8 heteroatoms. The van der Waals surface area contributed by atoms with Crippen LogP contribution in [0.25, 0.3) is 5.69 Å². The molecule has 4 rings (SSSR count). The lowest BCUT2D eigenvalue weighted by Crippen LogP contribution is -2.12. The summed E-state index contributed by atoms with van der Waals surface area (Å²) < 4.78 is 1.52. The van der Waals surface area contributed by atoms with Crippen molar-refractivity contribution in [3.05, 3.63) is 48.0 Å². The fourth-order valence-electron chi connectivity index (χ4n) is 2.26. The second-order valence-corrected chi connectivity index (χ2v) is 5.24. The molecule has 0 aliphatic heterocycles. The van der Waals surface area contributed by atoms with Crippen molar-refractivity contribution in [2.24, 2.45) is 0 Å². The van der Waals surface area contributed by atoms with E-state index in [1.807, 2.05) is 18.2 Å². The SMILES string of the molecule is O=C(Nc1cccc(-n2cnnn2)c1)c1cc(C2CC2)[nH]n1. The fraction of sp³-hybridized carbons (Fsp3) is 0.214. The topological polar surface area (TPSA) is 101 Å². The Bertz CT molecular complexity index is 804. The van der Waals surface area contributed by atoms with E-state index in [0.717, 1.165) is 24.2 Å². The van der Waals surface area contributed by atoms with E-state index >= 15 is 0 Å². The van der Waals surface area contributed by atoms with Crippen molar-refractivity contribution in [1.29, 1.82) is 0 Å². The number of aromatic amines is 1. The lowest BCUT2D eigenvalue weighted by molar-refractivity contribution is 0.102. The molecule has 2 heterocycles. The Kier molecular flexibility index (Phi) is 2.92. The number of amides is 1. The molecule has 2 aromatic heterocycles. The van der Waals surface area contributed by atoms with Crippen LogP contribution in [0.15, 0.2) is 36.7 Å². The summed E-state index contributed by atoms with van der Waals surface area (Å²) in [6.45, 7) is 0. The van der Waals surface area contributed by atoms with E-state index in [1.54, 1.807) is 12.1 Å². The molecule has 110 valence electrons. The molecule has 1 aliphatic carbocycles. The Morgan fingerprint density at radius 3 is 3.00 bits per heavy atom. The molecule has 0 spiro atoms. The molecule has 0 bridgehead atoms. The molecule has 1 aliphatic rings. The van der Waals surface area contributed by atoms with E-state index in [1.165, 1.54) is 11.0 Å². The minimum absolute atomic E-state index is 0.239. The minimum atomic E-state index is -0.239. The molecule has 0 unspecified atom stereocenters. The molecule has 3 aromatic rings. The van der Waals surface area contributed by atoms with Gasteiger partial charge in [0.15, 0.2) is 5.69 Å². The third kappa shape index (κ3) is 2.46. The lowest BCUT2D eigenvalue weighted by Gasteiger charge is -2.05. The van der Waals surface area contributed by atoms with Crippen LogP contribution in [0.4, 0.5) is 5.69 Å². The van der Waals surface area contributed by atoms with Crippen molar-refractivity contribution in [1.82, 2.24) is 30.4 Å².